The van der Waals surface area contributed by atoms with Crippen LogP contribution in [0, 0.1) is 11.3 Å². The Bertz CT molecular complexity index is 897. The van der Waals surface area contributed by atoms with Crippen LogP contribution in [0.1, 0.15) is 38.0 Å². The van der Waals surface area contributed by atoms with Crippen molar-refractivity contribution in [3.05, 3.63) is 54.0 Å². The Hall–Kier alpha value is -3.31. The number of urea groups is 1. The number of ether oxygens (including phenoxy) is 1. The number of hydrogen-bond donors (Lipinski definition) is 1. The molecule has 2 aromatic rings. The van der Waals surface area contributed by atoms with Crippen molar-refractivity contribution >= 4 is 17.6 Å². The number of amides is 3. The highest BCUT2D eigenvalue weighted by Crippen LogP contribution is 2.17. The number of benzene rings is 1. The molecule has 8 heteroatoms. The lowest BCUT2D eigenvalue weighted by Gasteiger charge is -2.30. The van der Waals surface area contributed by atoms with E-state index in [1.54, 1.807) is 41.5 Å². The number of hydrogen-bond acceptors (Lipinski definition) is 5. The number of anilines is 1. The third kappa shape index (κ3) is 6.33. The molecule has 0 bridgehead atoms. The Kier molecular flexibility index (Phi) is 7.68. The van der Waals surface area contributed by atoms with Gasteiger partial charge in [-0.1, -0.05) is 0 Å². The van der Waals surface area contributed by atoms with Gasteiger partial charge in [-0.05, 0) is 63.1 Å². The highest BCUT2D eigenvalue weighted by molar-refractivity contribution is 5.92. The summed E-state index contributed by atoms with van der Waals surface area (Å²) in [6, 6.07) is 11.7. The second-order valence-corrected chi connectivity index (χ2v) is 7.83. The summed E-state index contributed by atoms with van der Waals surface area (Å²) in [6.45, 7) is 5.16. The number of furan rings is 1. The van der Waals surface area contributed by atoms with Crippen molar-refractivity contribution in [1.29, 1.82) is 5.26 Å². The molecule has 0 unspecified atom stereocenters. The summed E-state index contributed by atoms with van der Waals surface area (Å²) in [4.78, 5) is 29.2. The maximum atomic E-state index is 13.2. The summed E-state index contributed by atoms with van der Waals surface area (Å²) in [5, 5.41) is 11.7. The standard InChI is InChI=1S/C23H28N4O4/c1-17(2)27(23(29)25-19-9-7-18(13-24)8-10-19)16-22(28)26(14-20-5-3-11-30-20)15-21-6-4-12-31-21/h3,5,7-11,17,21H,4,6,12,14-16H2,1-2H3,(H,25,29)/t21-/m1/s1. The van der Waals surface area contributed by atoms with Crippen molar-refractivity contribution in [2.45, 2.75) is 45.4 Å². The first-order chi connectivity index (χ1) is 15.0. The van der Waals surface area contributed by atoms with Crippen LogP contribution in [0.4, 0.5) is 10.5 Å². The SMILES string of the molecule is CC(C)N(CC(=O)N(Cc1ccco1)C[C@H]1CCCO1)C(=O)Nc1ccc(C#N)cc1. The number of carbonyl (C=O) groups is 2. The summed E-state index contributed by atoms with van der Waals surface area (Å²) in [5.41, 5.74) is 1.07. The van der Waals surface area contributed by atoms with E-state index in [-0.39, 0.29) is 30.6 Å². The van der Waals surface area contributed by atoms with Crippen molar-refractivity contribution < 1.29 is 18.7 Å². The van der Waals surface area contributed by atoms with Gasteiger partial charge in [0.25, 0.3) is 0 Å². The van der Waals surface area contributed by atoms with Gasteiger partial charge in [0.15, 0.2) is 0 Å². The zero-order chi connectivity index (χ0) is 22.2. The molecular weight excluding hydrogens is 396 g/mol. The molecule has 1 aliphatic heterocycles. The average Bonchev–Trinajstić information content (AvgIpc) is 3.46. The Labute approximate surface area is 182 Å². The Balaban J connectivity index is 1.67. The fourth-order valence-electron chi connectivity index (χ4n) is 3.44. The zero-order valence-corrected chi connectivity index (χ0v) is 17.9. The van der Waals surface area contributed by atoms with Gasteiger partial charge < -0.3 is 24.3 Å². The Morgan fingerprint density at radius 1 is 1.26 bits per heavy atom. The van der Waals surface area contributed by atoms with Crippen LogP contribution in [-0.4, -0.2) is 53.6 Å². The van der Waals surface area contributed by atoms with E-state index in [1.807, 2.05) is 26.0 Å². The van der Waals surface area contributed by atoms with Crippen molar-refractivity contribution in [3.8, 4) is 6.07 Å². The van der Waals surface area contributed by atoms with Crippen molar-refractivity contribution in [1.82, 2.24) is 9.80 Å². The highest BCUT2D eigenvalue weighted by Gasteiger charge is 2.27. The Morgan fingerprint density at radius 2 is 2.03 bits per heavy atom. The molecule has 0 spiro atoms. The molecule has 1 fully saturated rings. The van der Waals surface area contributed by atoms with E-state index in [4.69, 9.17) is 14.4 Å². The van der Waals surface area contributed by atoms with Crippen molar-refractivity contribution in [3.63, 3.8) is 0 Å². The first-order valence-corrected chi connectivity index (χ1v) is 10.5. The van der Waals surface area contributed by atoms with Crippen LogP contribution >= 0.6 is 0 Å². The lowest BCUT2D eigenvalue weighted by Crippen LogP contribution is -2.48. The van der Waals surface area contributed by atoms with Crippen LogP contribution in [0.15, 0.2) is 47.1 Å². The van der Waals surface area contributed by atoms with Gasteiger partial charge in [0, 0.05) is 24.9 Å². The minimum atomic E-state index is -0.372. The molecule has 3 rings (SSSR count). The number of nitrogens with one attached hydrogen (secondary N) is 1. The van der Waals surface area contributed by atoms with Crippen LogP contribution < -0.4 is 5.32 Å². The van der Waals surface area contributed by atoms with E-state index < -0.39 is 0 Å². The first kappa shape index (κ1) is 22.4. The maximum Gasteiger partial charge on any atom is 0.322 e. The van der Waals surface area contributed by atoms with E-state index in [2.05, 4.69) is 5.32 Å². The predicted molar refractivity (Wildman–Crippen MR) is 115 cm³/mol. The van der Waals surface area contributed by atoms with Gasteiger partial charge in [0.1, 0.15) is 12.3 Å². The number of carbonyl (C=O) groups excluding carboxylic acids is 2. The van der Waals surface area contributed by atoms with Gasteiger partial charge in [-0.3, -0.25) is 4.79 Å². The van der Waals surface area contributed by atoms with Crippen LogP contribution in [0.5, 0.6) is 0 Å². The second-order valence-electron chi connectivity index (χ2n) is 7.83. The molecule has 164 valence electrons. The largest absolute Gasteiger partial charge is 0.467 e. The highest BCUT2D eigenvalue weighted by atomic mass is 16.5. The quantitative estimate of drug-likeness (QED) is 0.698. The molecule has 0 radical (unpaired) electrons. The Morgan fingerprint density at radius 3 is 2.61 bits per heavy atom. The summed E-state index contributed by atoms with van der Waals surface area (Å²) >= 11 is 0. The van der Waals surface area contributed by atoms with Crippen LogP contribution in [-0.2, 0) is 16.1 Å². The van der Waals surface area contributed by atoms with Gasteiger partial charge in [0.2, 0.25) is 5.91 Å². The smallest absolute Gasteiger partial charge is 0.322 e. The summed E-state index contributed by atoms with van der Waals surface area (Å²) in [5.74, 6) is 0.514. The fourth-order valence-corrected chi connectivity index (χ4v) is 3.44. The van der Waals surface area contributed by atoms with Gasteiger partial charge in [-0.25, -0.2) is 4.79 Å². The molecule has 1 saturated heterocycles. The lowest BCUT2D eigenvalue weighted by atomic mass is 10.2. The third-order valence-electron chi connectivity index (χ3n) is 5.18. The molecule has 3 amide bonds. The lowest BCUT2D eigenvalue weighted by molar-refractivity contribution is -0.134. The first-order valence-electron chi connectivity index (χ1n) is 10.5. The fraction of sp³-hybridized carbons (Fsp3) is 0.435. The molecule has 1 N–H and O–H groups in total. The number of nitrogens with zero attached hydrogens (tertiary/aromatic N) is 3. The topological polar surface area (TPSA) is 98.8 Å². The van der Waals surface area contributed by atoms with Crippen molar-refractivity contribution in [2.75, 3.05) is 25.0 Å². The van der Waals surface area contributed by atoms with E-state index in [1.165, 1.54) is 4.90 Å². The molecule has 1 aromatic heterocycles. The average molecular weight is 425 g/mol. The molecule has 1 aliphatic rings. The minimum absolute atomic E-state index is 0.00103. The van der Waals surface area contributed by atoms with Gasteiger partial charge in [0.05, 0.1) is 30.5 Å². The van der Waals surface area contributed by atoms with Crippen molar-refractivity contribution in [2.24, 2.45) is 0 Å². The minimum Gasteiger partial charge on any atom is -0.467 e. The summed E-state index contributed by atoms with van der Waals surface area (Å²) in [6.07, 6.45) is 3.47. The van der Waals surface area contributed by atoms with Crippen LogP contribution in [0.25, 0.3) is 0 Å². The molecule has 0 saturated carbocycles. The molecule has 0 aliphatic carbocycles. The molecular formula is C23H28N4O4. The zero-order valence-electron chi connectivity index (χ0n) is 17.9. The van der Waals surface area contributed by atoms with E-state index in [0.717, 1.165) is 12.8 Å². The van der Waals surface area contributed by atoms with E-state index in [9.17, 15) is 9.59 Å². The van der Waals surface area contributed by atoms with Crippen LogP contribution in [0.3, 0.4) is 0 Å². The summed E-state index contributed by atoms with van der Waals surface area (Å²) in [7, 11) is 0. The van der Waals surface area contributed by atoms with Gasteiger partial charge >= 0.3 is 6.03 Å². The monoisotopic (exact) mass is 424 g/mol. The van der Waals surface area contributed by atoms with Gasteiger partial charge in [-0.15, -0.1) is 0 Å². The molecule has 31 heavy (non-hydrogen) atoms. The molecule has 2 heterocycles. The van der Waals surface area contributed by atoms with Crippen LogP contribution in [0.2, 0.25) is 0 Å². The predicted octanol–water partition coefficient (Wildman–Crippen LogP) is 3.60. The number of nitriles is 1. The maximum absolute atomic E-state index is 13.2. The number of rotatable bonds is 8. The van der Waals surface area contributed by atoms with E-state index >= 15 is 0 Å². The molecule has 8 nitrogen and oxygen atoms in total. The van der Waals surface area contributed by atoms with E-state index in [0.29, 0.717) is 36.7 Å². The molecule has 1 aromatic carbocycles. The third-order valence-corrected chi connectivity index (χ3v) is 5.18. The second kappa shape index (κ2) is 10.6. The molecule has 1 atom stereocenters. The normalized spacial score (nSPS) is 15.5. The summed E-state index contributed by atoms with van der Waals surface area (Å²) < 4.78 is 11.1. The van der Waals surface area contributed by atoms with Gasteiger partial charge in [-0.2, -0.15) is 5.26 Å².